The predicted octanol–water partition coefficient (Wildman–Crippen LogP) is 8.35. The molecule has 3 heterocycles. The van der Waals surface area contributed by atoms with Gasteiger partial charge < -0.3 is 15.0 Å². The molecule has 0 aliphatic carbocycles. The highest BCUT2D eigenvalue weighted by atomic mass is 31.1. The van der Waals surface area contributed by atoms with Gasteiger partial charge >= 0.3 is 0 Å². The van der Waals surface area contributed by atoms with E-state index in [1.807, 2.05) is 0 Å². The third-order valence-corrected chi connectivity index (χ3v) is 10.8. The molecule has 0 atom stereocenters. The maximum atomic E-state index is 3.81. The van der Waals surface area contributed by atoms with Crippen LogP contribution in [0.1, 0.15) is 0 Å². The van der Waals surface area contributed by atoms with Crippen LogP contribution in [0.25, 0.3) is 65.4 Å². The lowest BCUT2D eigenvalue weighted by Gasteiger charge is -2.22. The SMILES string of the molecule is c1ccc2c(c1)[nH]c1c(P(c3cccc4c3[nH]c3ccccc34)c3cccc4c3[nH]c3ccccc34)cccc12. The second-order valence-electron chi connectivity index (χ2n) is 10.4. The number of nitrogens with one attached hydrogen (secondary N) is 3. The summed E-state index contributed by atoms with van der Waals surface area (Å²) in [6, 6.07) is 46.3. The molecular weight excluding hydrogens is 505 g/mol. The molecule has 4 heteroatoms. The van der Waals surface area contributed by atoms with E-state index in [2.05, 4.69) is 142 Å². The molecule has 0 aliphatic heterocycles. The Morgan fingerprint density at radius 3 is 0.950 bits per heavy atom. The quantitative estimate of drug-likeness (QED) is 0.193. The van der Waals surface area contributed by atoms with E-state index in [9.17, 15) is 0 Å². The van der Waals surface area contributed by atoms with Gasteiger partial charge in [0, 0.05) is 64.8 Å². The summed E-state index contributed by atoms with van der Waals surface area (Å²) in [6.07, 6.45) is 0. The number of aromatic amines is 3. The van der Waals surface area contributed by atoms with Crippen molar-refractivity contribution in [1.29, 1.82) is 0 Å². The fourth-order valence-electron chi connectivity index (χ4n) is 6.52. The highest BCUT2D eigenvalue weighted by Gasteiger charge is 2.26. The second kappa shape index (κ2) is 8.32. The molecule has 0 unspecified atom stereocenters. The first-order valence-corrected chi connectivity index (χ1v) is 15.0. The van der Waals surface area contributed by atoms with Crippen LogP contribution in [-0.4, -0.2) is 15.0 Å². The van der Waals surface area contributed by atoms with Crippen molar-refractivity contribution in [2.45, 2.75) is 0 Å². The van der Waals surface area contributed by atoms with E-state index in [0.29, 0.717) is 0 Å². The molecular formula is C36H24N3P. The molecule has 0 saturated heterocycles. The van der Waals surface area contributed by atoms with Crippen LogP contribution < -0.4 is 15.9 Å². The van der Waals surface area contributed by atoms with Gasteiger partial charge in [0.2, 0.25) is 0 Å². The Balaban J connectivity index is 1.43. The van der Waals surface area contributed by atoms with Crippen molar-refractivity contribution in [3.8, 4) is 0 Å². The molecule has 3 N–H and O–H groups in total. The summed E-state index contributed by atoms with van der Waals surface area (Å²) in [6.45, 7) is 0. The van der Waals surface area contributed by atoms with Gasteiger partial charge in [-0.25, -0.2) is 0 Å². The molecule has 0 aliphatic rings. The average Bonchev–Trinajstić information content (AvgIpc) is 3.70. The van der Waals surface area contributed by atoms with Crippen molar-refractivity contribution in [3.63, 3.8) is 0 Å². The summed E-state index contributed by atoms with van der Waals surface area (Å²) in [5.74, 6) is 0. The zero-order chi connectivity index (χ0) is 26.2. The molecule has 188 valence electrons. The molecule has 9 rings (SSSR count). The number of hydrogen-bond donors (Lipinski definition) is 3. The lowest BCUT2D eigenvalue weighted by molar-refractivity contribution is 1.55. The minimum Gasteiger partial charge on any atom is -0.354 e. The summed E-state index contributed by atoms with van der Waals surface area (Å²) in [5.41, 5.74) is 7.18. The van der Waals surface area contributed by atoms with E-state index in [4.69, 9.17) is 0 Å². The molecule has 0 spiro atoms. The first-order valence-electron chi connectivity index (χ1n) is 13.6. The lowest BCUT2D eigenvalue weighted by Crippen LogP contribution is -2.23. The van der Waals surface area contributed by atoms with E-state index < -0.39 is 7.92 Å². The van der Waals surface area contributed by atoms with Crippen molar-refractivity contribution in [2.24, 2.45) is 0 Å². The molecule has 6 aromatic carbocycles. The first kappa shape index (κ1) is 22.0. The molecule has 9 aromatic rings. The van der Waals surface area contributed by atoms with Crippen molar-refractivity contribution >= 4 is 89.3 Å². The number of fused-ring (bicyclic) bond motifs is 9. The number of para-hydroxylation sites is 6. The van der Waals surface area contributed by atoms with Crippen LogP contribution in [0.3, 0.4) is 0 Å². The first-order chi connectivity index (χ1) is 19.8. The average molecular weight is 530 g/mol. The molecule has 0 fully saturated rings. The normalized spacial score (nSPS) is 12.2. The van der Waals surface area contributed by atoms with E-state index >= 15 is 0 Å². The summed E-state index contributed by atoms with van der Waals surface area (Å²) < 4.78 is 0. The highest BCUT2D eigenvalue weighted by Crippen LogP contribution is 2.42. The van der Waals surface area contributed by atoms with E-state index in [1.54, 1.807) is 0 Å². The molecule has 0 saturated carbocycles. The van der Waals surface area contributed by atoms with Gasteiger partial charge in [-0.1, -0.05) is 109 Å². The number of benzene rings is 6. The van der Waals surface area contributed by atoms with Gasteiger partial charge in [0.25, 0.3) is 0 Å². The Labute approximate surface area is 231 Å². The maximum Gasteiger partial charge on any atom is 0.0549 e. The predicted molar refractivity (Wildman–Crippen MR) is 173 cm³/mol. The number of H-pyrrole nitrogens is 3. The van der Waals surface area contributed by atoms with Gasteiger partial charge in [0.15, 0.2) is 0 Å². The molecule has 40 heavy (non-hydrogen) atoms. The standard InChI is InChI=1S/C36H24N3P/c1-4-16-28-22(10-1)25-13-7-19-31(34(25)37-28)40(32-20-8-14-26-23-11-2-5-17-29(23)38-35(26)32)33-21-9-15-27-24-12-3-6-18-30(24)39-36(27)33/h1-21,37-39H. The van der Waals surface area contributed by atoms with Crippen LogP contribution in [-0.2, 0) is 0 Å². The Bertz CT molecular complexity index is 2130. The van der Waals surface area contributed by atoms with E-state index in [0.717, 1.165) is 0 Å². The van der Waals surface area contributed by atoms with Crippen molar-refractivity contribution < 1.29 is 0 Å². The van der Waals surface area contributed by atoms with Crippen LogP contribution in [0.5, 0.6) is 0 Å². The lowest BCUT2D eigenvalue weighted by atomic mass is 10.1. The van der Waals surface area contributed by atoms with E-state index in [1.165, 1.54) is 81.3 Å². The van der Waals surface area contributed by atoms with Crippen molar-refractivity contribution in [3.05, 3.63) is 127 Å². The van der Waals surface area contributed by atoms with Crippen molar-refractivity contribution in [1.82, 2.24) is 15.0 Å². The van der Waals surface area contributed by atoms with Gasteiger partial charge in [-0.2, -0.15) is 0 Å². The Morgan fingerprint density at radius 2 is 0.600 bits per heavy atom. The zero-order valence-electron chi connectivity index (χ0n) is 21.6. The van der Waals surface area contributed by atoms with Gasteiger partial charge in [-0.05, 0) is 26.1 Å². The summed E-state index contributed by atoms with van der Waals surface area (Å²) in [4.78, 5) is 11.4. The third kappa shape index (κ3) is 3.04. The molecule has 0 radical (unpaired) electrons. The van der Waals surface area contributed by atoms with E-state index in [-0.39, 0.29) is 0 Å². The zero-order valence-corrected chi connectivity index (χ0v) is 22.5. The second-order valence-corrected chi connectivity index (χ2v) is 12.6. The number of hydrogen-bond acceptors (Lipinski definition) is 0. The Kier molecular flexibility index (Phi) is 4.58. The Morgan fingerprint density at radius 1 is 0.300 bits per heavy atom. The fraction of sp³-hybridized carbons (Fsp3) is 0. The summed E-state index contributed by atoms with van der Waals surface area (Å²) >= 11 is 0. The third-order valence-electron chi connectivity index (χ3n) is 8.28. The van der Waals surface area contributed by atoms with Crippen LogP contribution in [0.4, 0.5) is 0 Å². The minimum absolute atomic E-state index is 0.950. The smallest absolute Gasteiger partial charge is 0.0549 e. The highest BCUT2D eigenvalue weighted by molar-refractivity contribution is 7.81. The van der Waals surface area contributed by atoms with Crippen LogP contribution in [0, 0.1) is 0 Å². The Hall–Kier alpha value is -4.85. The monoisotopic (exact) mass is 529 g/mol. The topological polar surface area (TPSA) is 47.4 Å². The van der Waals surface area contributed by atoms with Crippen LogP contribution in [0.2, 0.25) is 0 Å². The summed E-state index contributed by atoms with van der Waals surface area (Å²) in [7, 11) is -0.950. The number of rotatable bonds is 3. The fourth-order valence-corrected chi connectivity index (χ4v) is 9.21. The van der Waals surface area contributed by atoms with Crippen LogP contribution in [0.15, 0.2) is 127 Å². The maximum absolute atomic E-state index is 3.81. The van der Waals surface area contributed by atoms with Gasteiger partial charge in [0.1, 0.15) is 0 Å². The molecule has 3 aromatic heterocycles. The molecule has 0 bridgehead atoms. The molecule has 3 nitrogen and oxygen atoms in total. The minimum atomic E-state index is -0.950. The number of aromatic nitrogens is 3. The molecule has 0 amide bonds. The van der Waals surface area contributed by atoms with Gasteiger partial charge in [-0.3, -0.25) is 0 Å². The van der Waals surface area contributed by atoms with Gasteiger partial charge in [0.05, 0.1) is 16.6 Å². The van der Waals surface area contributed by atoms with Crippen molar-refractivity contribution in [2.75, 3.05) is 0 Å². The van der Waals surface area contributed by atoms with Crippen LogP contribution >= 0.6 is 7.92 Å². The van der Waals surface area contributed by atoms with Gasteiger partial charge in [-0.15, -0.1) is 0 Å². The largest absolute Gasteiger partial charge is 0.354 e. The summed E-state index contributed by atoms with van der Waals surface area (Å²) in [5, 5.41) is 11.6.